The van der Waals surface area contributed by atoms with Gasteiger partial charge in [-0.05, 0) is 32.9 Å². The van der Waals surface area contributed by atoms with Crippen LogP contribution in [0.25, 0.3) is 5.76 Å². The number of benzene rings is 1. The molecule has 0 spiro atoms. The summed E-state index contributed by atoms with van der Waals surface area (Å²) in [6.45, 7) is 5.82. The van der Waals surface area contributed by atoms with Gasteiger partial charge in [0.05, 0.1) is 18.8 Å². The molecule has 0 aliphatic rings. The van der Waals surface area contributed by atoms with Gasteiger partial charge in [0.1, 0.15) is 11.5 Å². The Kier molecular flexibility index (Phi) is 5.24. The van der Waals surface area contributed by atoms with Gasteiger partial charge in [-0.15, -0.1) is 0 Å². The predicted octanol–water partition coefficient (Wildman–Crippen LogP) is 2.94. The van der Waals surface area contributed by atoms with Crippen molar-refractivity contribution in [3.05, 3.63) is 35.9 Å². The largest absolute Gasteiger partial charge is 0.507 e. The minimum absolute atomic E-state index is 0.0522. The molecule has 18 heavy (non-hydrogen) atoms. The highest BCUT2D eigenvalue weighted by molar-refractivity contribution is 5.89. The minimum Gasteiger partial charge on any atom is -0.507 e. The third kappa shape index (κ3) is 4.49. The third-order valence-corrected chi connectivity index (χ3v) is 2.04. The van der Waals surface area contributed by atoms with Crippen molar-refractivity contribution in [2.75, 3.05) is 6.61 Å². The Balaban J connectivity index is 2.85. The average molecular weight is 250 g/mol. The molecule has 98 valence electrons. The molecule has 4 nitrogen and oxygen atoms in total. The first-order valence-corrected chi connectivity index (χ1v) is 5.87. The number of hydrogen-bond acceptors (Lipinski definition) is 4. The van der Waals surface area contributed by atoms with Crippen LogP contribution in [0.4, 0.5) is 0 Å². The minimum atomic E-state index is -0.565. The predicted molar refractivity (Wildman–Crippen MR) is 69.4 cm³/mol. The molecule has 1 rings (SSSR count). The van der Waals surface area contributed by atoms with E-state index in [0.29, 0.717) is 11.3 Å². The lowest BCUT2D eigenvalue weighted by molar-refractivity contribution is -0.137. The summed E-state index contributed by atoms with van der Waals surface area (Å²) in [5.41, 5.74) is 0.515. The molecule has 0 radical (unpaired) electrons. The van der Waals surface area contributed by atoms with Gasteiger partial charge in [0.15, 0.2) is 0 Å². The van der Waals surface area contributed by atoms with Gasteiger partial charge in [0.25, 0.3) is 0 Å². The van der Waals surface area contributed by atoms with Gasteiger partial charge in [-0.2, -0.15) is 0 Å². The van der Waals surface area contributed by atoms with Crippen LogP contribution in [0.2, 0.25) is 0 Å². The number of carbonyl (C=O) groups is 1. The molecule has 0 fully saturated rings. The summed E-state index contributed by atoms with van der Waals surface area (Å²) < 4.78 is 10.2. The highest BCUT2D eigenvalue weighted by Crippen LogP contribution is 2.19. The molecule has 0 atom stereocenters. The molecule has 0 unspecified atom stereocenters. The smallest absolute Gasteiger partial charge is 0.334 e. The average Bonchev–Trinajstić information content (AvgIpc) is 2.28. The monoisotopic (exact) mass is 250 g/mol. The molecular weight excluding hydrogens is 232 g/mol. The van der Waals surface area contributed by atoms with Crippen LogP contribution in [0.1, 0.15) is 26.3 Å². The van der Waals surface area contributed by atoms with E-state index in [-0.39, 0.29) is 18.5 Å². The number of aliphatic hydroxyl groups is 1. The van der Waals surface area contributed by atoms with Crippen LogP contribution >= 0.6 is 0 Å². The lowest BCUT2D eigenvalue weighted by atomic mass is 10.1. The van der Waals surface area contributed by atoms with Crippen LogP contribution in [0.5, 0.6) is 5.75 Å². The fraction of sp³-hybridized carbons (Fsp3) is 0.357. The van der Waals surface area contributed by atoms with Gasteiger partial charge in [-0.25, -0.2) is 4.79 Å². The van der Waals surface area contributed by atoms with Crippen molar-refractivity contribution in [3.8, 4) is 5.75 Å². The highest BCUT2D eigenvalue weighted by atomic mass is 16.5. The molecule has 1 N–H and O–H groups in total. The molecule has 0 aromatic heterocycles. The number of aliphatic hydroxyl groups excluding tert-OH is 1. The molecule has 0 saturated carbocycles. The van der Waals surface area contributed by atoms with E-state index in [9.17, 15) is 9.90 Å². The Bertz CT molecular complexity index is 435. The zero-order valence-corrected chi connectivity index (χ0v) is 10.8. The summed E-state index contributed by atoms with van der Waals surface area (Å²) in [5.74, 6) is -0.0563. The molecule has 0 saturated heterocycles. The van der Waals surface area contributed by atoms with Crippen LogP contribution in [-0.2, 0) is 9.53 Å². The van der Waals surface area contributed by atoms with Gasteiger partial charge in [0.2, 0.25) is 0 Å². The molecule has 1 aromatic rings. The summed E-state index contributed by atoms with van der Waals surface area (Å²) in [7, 11) is 0. The van der Waals surface area contributed by atoms with Gasteiger partial charge < -0.3 is 14.6 Å². The molecule has 4 heteroatoms. The lowest BCUT2D eigenvalue weighted by Gasteiger charge is -2.10. The Morgan fingerprint density at radius 3 is 2.78 bits per heavy atom. The van der Waals surface area contributed by atoms with Crippen molar-refractivity contribution >= 4 is 11.7 Å². The fourth-order valence-electron chi connectivity index (χ4n) is 1.38. The van der Waals surface area contributed by atoms with Crippen molar-refractivity contribution in [2.24, 2.45) is 0 Å². The molecule has 0 aliphatic heterocycles. The summed E-state index contributed by atoms with van der Waals surface area (Å²) in [6, 6.07) is 6.91. The third-order valence-electron chi connectivity index (χ3n) is 2.04. The highest BCUT2D eigenvalue weighted by Gasteiger charge is 2.05. The van der Waals surface area contributed by atoms with E-state index in [0.717, 1.165) is 6.08 Å². The Morgan fingerprint density at radius 2 is 2.17 bits per heavy atom. The second kappa shape index (κ2) is 6.69. The van der Waals surface area contributed by atoms with E-state index in [2.05, 4.69) is 0 Å². The first kappa shape index (κ1) is 14.1. The maximum Gasteiger partial charge on any atom is 0.334 e. The van der Waals surface area contributed by atoms with Gasteiger partial charge in [0, 0.05) is 5.56 Å². The summed E-state index contributed by atoms with van der Waals surface area (Å²) in [5, 5.41) is 9.78. The number of ether oxygens (including phenoxy) is 2. The first-order chi connectivity index (χ1) is 8.52. The van der Waals surface area contributed by atoms with Gasteiger partial charge in [-0.3, -0.25) is 0 Å². The number of hydrogen-bond donors (Lipinski definition) is 1. The zero-order chi connectivity index (χ0) is 13.5. The van der Waals surface area contributed by atoms with Crippen LogP contribution < -0.4 is 4.74 Å². The van der Waals surface area contributed by atoms with E-state index in [1.165, 1.54) is 0 Å². The second-order valence-electron chi connectivity index (χ2n) is 3.98. The molecule has 0 aliphatic carbocycles. The molecule has 0 heterocycles. The quantitative estimate of drug-likeness (QED) is 0.496. The van der Waals surface area contributed by atoms with Gasteiger partial charge >= 0.3 is 5.97 Å². The summed E-state index contributed by atoms with van der Waals surface area (Å²) in [4.78, 5) is 11.2. The van der Waals surface area contributed by atoms with E-state index in [1.807, 2.05) is 13.8 Å². The van der Waals surface area contributed by atoms with Crippen LogP contribution in [0.15, 0.2) is 30.3 Å². The summed E-state index contributed by atoms with van der Waals surface area (Å²) in [6.07, 6.45) is 1.11. The molecular formula is C14H18O4. The Hall–Kier alpha value is -1.97. The van der Waals surface area contributed by atoms with E-state index in [4.69, 9.17) is 9.47 Å². The SMILES string of the molecule is CCOC(=O)C=C(O)c1cccc(OC(C)C)c1. The Morgan fingerprint density at radius 1 is 1.44 bits per heavy atom. The molecule has 0 bridgehead atoms. The molecule has 0 amide bonds. The van der Waals surface area contributed by atoms with Crippen molar-refractivity contribution in [1.82, 2.24) is 0 Å². The number of rotatable bonds is 5. The fourth-order valence-corrected chi connectivity index (χ4v) is 1.38. The van der Waals surface area contributed by atoms with E-state index < -0.39 is 5.97 Å². The standard InChI is InChI=1S/C14H18O4/c1-4-17-14(16)9-13(15)11-6-5-7-12(8-11)18-10(2)3/h5-10,15H,4H2,1-3H3. The number of esters is 1. The van der Waals surface area contributed by atoms with Gasteiger partial charge in [-0.1, -0.05) is 12.1 Å². The second-order valence-corrected chi connectivity index (χ2v) is 3.98. The lowest BCUT2D eigenvalue weighted by Crippen LogP contribution is -2.05. The topological polar surface area (TPSA) is 55.8 Å². The van der Waals surface area contributed by atoms with Crippen LogP contribution in [0.3, 0.4) is 0 Å². The first-order valence-electron chi connectivity index (χ1n) is 5.87. The zero-order valence-electron chi connectivity index (χ0n) is 10.8. The van der Waals surface area contributed by atoms with E-state index in [1.54, 1.807) is 31.2 Å². The van der Waals surface area contributed by atoms with Crippen molar-refractivity contribution in [2.45, 2.75) is 26.9 Å². The maximum atomic E-state index is 11.2. The Labute approximate surface area is 107 Å². The van der Waals surface area contributed by atoms with Crippen molar-refractivity contribution in [1.29, 1.82) is 0 Å². The van der Waals surface area contributed by atoms with Crippen LogP contribution in [-0.4, -0.2) is 23.8 Å². The van der Waals surface area contributed by atoms with E-state index >= 15 is 0 Å². The maximum absolute atomic E-state index is 11.2. The number of carbonyl (C=O) groups excluding carboxylic acids is 1. The van der Waals surface area contributed by atoms with Crippen molar-refractivity contribution in [3.63, 3.8) is 0 Å². The van der Waals surface area contributed by atoms with Crippen LogP contribution in [0, 0.1) is 0 Å². The molecule has 1 aromatic carbocycles. The summed E-state index contributed by atoms with van der Waals surface area (Å²) >= 11 is 0. The van der Waals surface area contributed by atoms with Crippen molar-refractivity contribution < 1.29 is 19.4 Å². The normalized spacial score (nSPS) is 11.4.